The molecule has 1 radical (unpaired) electrons. The van der Waals surface area contributed by atoms with Gasteiger partial charge in [0.05, 0.1) is 49.3 Å². The summed E-state index contributed by atoms with van der Waals surface area (Å²) in [6.07, 6.45) is 20.9. The van der Waals surface area contributed by atoms with Crippen molar-refractivity contribution in [1.29, 1.82) is 0 Å². The second-order valence-corrected chi connectivity index (χ2v) is 16.1. The molecule has 8 bridgehead atoms. The number of rotatable bonds is 0. The van der Waals surface area contributed by atoms with Crippen LogP contribution in [0.4, 0.5) is 0 Å². The minimum Gasteiger partial charge on any atom is -0.326 e. The van der Waals surface area contributed by atoms with Crippen LogP contribution < -0.4 is 54.0 Å². The molecular formula is C32H58AuN10. The molecule has 9 aliphatic rings. The zero-order chi connectivity index (χ0) is 27.9. The second kappa shape index (κ2) is 12.4. The topological polar surface area (TPSA) is 148 Å². The Hall–Kier alpha value is 0.340. The molecule has 10 nitrogen and oxygen atoms in total. The van der Waals surface area contributed by atoms with Crippen LogP contribution in [0.3, 0.4) is 0 Å². The van der Waals surface area contributed by atoms with Crippen molar-refractivity contribution < 1.29 is 22.4 Å². The van der Waals surface area contributed by atoms with E-state index in [1.165, 1.54) is 77.0 Å². The fourth-order valence-electron chi connectivity index (χ4n) is 12.1. The van der Waals surface area contributed by atoms with Gasteiger partial charge in [-0.3, -0.25) is 42.5 Å². The molecule has 12 N–H and O–H groups in total. The van der Waals surface area contributed by atoms with Crippen molar-refractivity contribution in [3.63, 3.8) is 0 Å². The number of nitrogens with two attached hydrogens (primary N) is 2. The molecule has 9 rings (SSSR count). The van der Waals surface area contributed by atoms with Gasteiger partial charge in [0, 0.05) is 40.4 Å². The third kappa shape index (κ3) is 5.27. The quantitative estimate of drug-likeness (QED) is 0.158. The van der Waals surface area contributed by atoms with Crippen LogP contribution in [0.2, 0.25) is 0 Å². The summed E-state index contributed by atoms with van der Waals surface area (Å²) in [5.41, 5.74) is 13.6. The van der Waals surface area contributed by atoms with Crippen molar-refractivity contribution in [3.8, 4) is 0 Å². The van der Waals surface area contributed by atoms with Crippen molar-refractivity contribution in [3.05, 3.63) is 0 Å². The van der Waals surface area contributed by atoms with Gasteiger partial charge in [0.2, 0.25) is 0 Å². The zero-order valence-electron chi connectivity index (χ0n) is 25.7. The second-order valence-electron chi connectivity index (χ2n) is 16.1. The molecule has 18 atom stereocenters. The molecule has 4 saturated carbocycles. The van der Waals surface area contributed by atoms with E-state index in [4.69, 9.17) is 11.5 Å². The molecule has 0 aromatic rings. The molecule has 18 unspecified atom stereocenters. The van der Waals surface area contributed by atoms with E-state index in [1.807, 2.05) is 0 Å². The summed E-state index contributed by atoms with van der Waals surface area (Å²) in [5.74, 6) is 4.97. The SMILES string of the molecule is NC1CCC2C3NC4NC(NC5NC(NC6NC(NC(N3)C2C1N)C1CCCCC61)C1CCCCC51)C1CCCCC41.[Au]. The average Bonchev–Trinajstić information content (AvgIpc) is 3.74. The van der Waals surface area contributed by atoms with Gasteiger partial charge in [-0.1, -0.05) is 38.5 Å². The molecule has 4 aliphatic carbocycles. The van der Waals surface area contributed by atoms with E-state index in [1.54, 1.807) is 0 Å². The molecule has 5 aliphatic heterocycles. The third-order valence-electron chi connectivity index (χ3n) is 14.1. The van der Waals surface area contributed by atoms with Gasteiger partial charge in [0.25, 0.3) is 0 Å². The first kappa shape index (κ1) is 30.7. The minimum atomic E-state index is 0. The van der Waals surface area contributed by atoms with E-state index >= 15 is 0 Å². The van der Waals surface area contributed by atoms with Crippen molar-refractivity contribution in [2.45, 2.75) is 151 Å². The molecule has 43 heavy (non-hydrogen) atoms. The Morgan fingerprint density at radius 2 is 0.605 bits per heavy atom. The number of nitrogens with one attached hydrogen (secondary N) is 8. The molecule has 247 valence electrons. The number of fused-ring (bicyclic) bond motifs is 20. The predicted molar refractivity (Wildman–Crippen MR) is 164 cm³/mol. The Labute approximate surface area is 274 Å². The van der Waals surface area contributed by atoms with Gasteiger partial charge < -0.3 is 11.5 Å². The molecule has 5 heterocycles. The molecule has 0 amide bonds. The molecule has 0 aromatic heterocycles. The smallest absolute Gasteiger partial charge is 0.0644 e. The van der Waals surface area contributed by atoms with Crippen LogP contribution in [-0.2, 0) is 22.4 Å². The van der Waals surface area contributed by atoms with Gasteiger partial charge in [-0.15, -0.1) is 0 Å². The Morgan fingerprint density at radius 1 is 0.326 bits per heavy atom. The summed E-state index contributed by atoms with van der Waals surface area (Å²) >= 11 is 0. The van der Waals surface area contributed by atoms with Gasteiger partial charge in [0.15, 0.2) is 0 Å². The van der Waals surface area contributed by atoms with Gasteiger partial charge in [-0.2, -0.15) is 0 Å². The Bertz CT molecular complexity index is 988. The van der Waals surface area contributed by atoms with Gasteiger partial charge >= 0.3 is 0 Å². The van der Waals surface area contributed by atoms with E-state index in [0.29, 0.717) is 84.3 Å². The molecule has 9 fully saturated rings. The van der Waals surface area contributed by atoms with E-state index < -0.39 is 0 Å². The van der Waals surface area contributed by atoms with Crippen LogP contribution in [0, 0.1) is 47.3 Å². The maximum atomic E-state index is 6.97. The third-order valence-corrected chi connectivity index (χ3v) is 14.1. The summed E-state index contributed by atoms with van der Waals surface area (Å²) in [6, 6.07) is 0.112. The van der Waals surface area contributed by atoms with Crippen molar-refractivity contribution >= 4 is 0 Å². The largest absolute Gasteiger partial charge is 0.326 e. The summed E-state index contributed by atoms with van der Waals surface area (Å²) in [5, 5.41) is 33.4. The Balaban J connectivity index is 0.00000278. The van der Waals surface area contributed by atoms with Crippen LogP contribution >= 0.6 is 0 Å². The number of hydrogen-bond donors (Lipinski definition) is 10. The average molecular weight is 780 g/mol. The standard InChI is InChI=1S/C32H58N10.Au/c33-22-14-13-21-23(24(22)34)32-41-30-20-12-6-5-11-19(20)28(39-30)37-26-16-8-2-1-7-15(16)25(35-26)36-27-17-9-3-4-10-18(17)29(38-27)40-31(21)42-32;/h15-32,35-42H,1-14,33-34H2;. The van der Waals surface area contributed by atoms with E-state index in [9.17, 15) is 0 Å². The first-order chi connectivity index (χ1) is 20.6. The molecular weight excluding hydrogens is 721 g/mol. The summed E-state index contributed by atoms with van der Waals surface area (Å²) in [7, 11) is 0. The van der Waals surface area contributed by atoms with Crippen molar-refractivity contribution in [2.75, 3.05) is 0 Å². The molecule has 0 spiro atoms. The van der Waals surface area contributed by atoms with Crippen molar-refractivity contribution in [2.24, 2.45) is 58.8 Å². The Morgan fingerprint density at radius 3 is 0.930 bits per heavy atom. The Kier molecular flexibility index (Phi) is 8.85. The predicted octanol–water partition coefficient (Wildman–Crippen LogP) is 0.478. The van der Waals surface area contributed by atoms with E-state index in [0.717, 1.165) is 12.8 Å². The molecule has 11 heteroatoms. The number of hydrogen-bond acceptors (Lipinski definition) is 10. The van der Waals surface area contributed by atoms with Gasteiger partial charge in [-0.05, 0) is 92.8 Å². The van der Waals surface area contributed by atoms with Gasteiger partial charge in [-0.25, -0.2) is 0 Å². The van der Waals surface area contributed by atoms with E-state index in [2.05, 4.69) is 42.5 Å². The summed E-state index contributed by atoms with van der Waals surface area (Å²) < 4.78 is 0. The van der Waals surface area contributed by atoms with Crippen LogP contribution in [0.25, 0.3) is 0 Å². The summed E-state index contributed by atoms with van der Waals surface area (Å²) in [6.45, 7) is 0. The van der Waals surface area contributed by atoms with Crippen molar-refractivity contribution in [1.82, 2.24) is 42.5 Å². The van der Waals surface area contributed by atoms with Crippen LogP contribution in [0.5, 0.6) is 0 Å². The molecule has 0 aromatic carbocycles. The molecule has 5 saturated heterocycles. The normalized spacial score (nSPS) is 57.6. The first-order valence-corrected chi connectivity index (χ1v) is 18.2. The zero-order valence-corrected chi connectivity index (χ0v) is 27.9. The fourth-order valence-corrected chi connectivity index (χ4v) is 12.1. The maximum Gasteiger partial charge on any atom is 0.0644 e. The maximum absolute atomic E-state index is 6.97. The van der Waals surface area contributed by atoms with Crippen LogP contribution in [0.15, 0.2) is 0 Å². The fraction of sp³-hybridized carbons (Fsp3) is 1.00. The van der Waals surface area contributed by atoms with Crippen LogP contribution in [0.1, 0.15) is 89.9 Å². The summed E-state index contributed by atoms with van der Waals surface area (Å²) in [4.78, 5) is 0. The van der Waals surface area contributed by atoms with E-state index in [-0.39, 0.29) is 46.8 Å². The minimum absolute atomic E-state index is 0. The van der Waals surface area contributed by atoms with Crippen LogP contribution in [-0.4, -0.2) is 61.4 Å². The first-order valence-electron chi connectivity index (χ1n) is 18.2. The monoisotopic (exact) mass is 779 g/mol. The van der Waals surface area contributed by atoms with Gasteiger partial charge in [0.1, 0.15) is 0 Å².